The molecule has 4 heteroatoms. The van der Waals surface area contributed by atoms with Crippen LogP contribution < -0.4 is 10.2 Å². The van der Waals surface area contributed by atoms with E-state index < -0.39 is 0 Å². The maximum Gasteiger partial charge on any atom is 0.197 e. The minimum atomic E-state index is -0.304. The van der Waals surface area contributed by atoms with Crippen molar-refractivity contribution in [2.45, 2.75) is 0 Å². The minimum absolute atomic E-state index is 0.117. The molecule has 100 valence electrons. The molecule has 3 aromatic rings. The fourth-order valence-electron chi connectivity index (χ4n) is 2.13. The number of fused-ring (bicyclic) bond motifs is 1. The zero-order valence-electron chi connectivity index (χ0n) is 10.8. The highest BCUT2D eigenvalue weighted by molar-refractivity contribution is 5.89. The van der Waals surface area contributed by atoms with Crippen LogP contribution in [0.2, 0.25) is 0 Å². The molecule has 2 aromatic carbocycles. The highest BCUT2D eigenvalue weighted by Gasteiger charge is 2.14. The van der Waals surface area contributed by atoms with E-state index >= 15 is 0 Å². The first kappa shape index (κ1) is 12.3. The lowest BCUT2D eigenvalue weighted by atomic mass is 10.1. The number of phenolic OH excluding ortho intramolecular Hbond substituents is 1. The van der Waals surface area contributed by atoms with Gasteiger partial charge in [-0.05, 0) is 12.1 Å². The Morgan fingerprint density at radius 2 is 1.85 bits per heavy atom. The van der Waals surface area contributed by atoms with Crippen LogP contribution in [0, 0.1) is 0 Å². The lowest BCUT2D eigenvalue weighted by Crippen LogP contribution is -2.01. The summed E-state index contributed by atoms with van der Waals surface area (Å²) in [5.41, 5.74) is 0.734. The molecular weight excluding hydrogens is 256 g/mol. The van der Waals surface area contributed by atoms with Crippen molar-refractivity contribution in [2.24, 2.45) is 0 Å². The lowest BCUT2D eigenvalue weighted by Gasteiger charge is -2.08. The monoisotopic (exact) mass is 268 g/mol. The predicted molar refractivity (Wildman–Crippen MR) is 76.1 cm³/mol. The highest BCUT2D eigenvalue weighted by Crippen LogP contribution is 2.32. The van der Waals surface area contributed by atoms with E-state index in [0.29, 0.717) is 11.5 Å². The summed E-state index contributed by atoms with van der Waals surface area (Å²) in [4.78, 5) is 12.2. The van der Waals surface area contributed by atoms with Gasteiger partial charge in [-0.15, -0.1) is 0 Å². The van der Waals surface area contributed by atoms with Crippen LogP contribution in [0.1, 0.15) is 0 Å². The van der Waals surface area contributed by atoms with Gasteiger partial charge in [0.05, 0.1) is 7.11 Å². The van der Waals surface area contributed by atoms with E-state index in [1.54, 1.807) is 6.07 Å². The first-order valence-corrected chi connectivity index (χ1v) is 6.10. The summed E-state index contributed by atoms with van der Waals surface area (Å²) in [6.45, 7) is 0. The second-order valence-corrected chi connectivity index (χ2v) is 4.33. The van der Waals surface area contributed by atoms with Crippen molar-refractivity contribution < 1.29 is 14.3 Å². The van der Waals surface area contributed by atoms with Crippen molar-refractivity contribution in [3.63, 3.8) is 0 Å². The van der Waals surface area contributed by atoms with E-state index in [4.69, 9.17) is 9.15 Å². The van der Waals surface area contributed by atoms with E-state index in [1.165, 1.54) is 19.2 Å². The Bertz CT molecular complexity index is 819. The standard InChI is InChI=1S/C16H12O4/c1-19-13-8-7-11(17)15-12(18)9-14(20-16(13)15)10-5-3-2-4-6-10/h2-9,17H,1H3. The maximum absolute atomic E-state index is 12.2. The quantitative estimate of drug-likeness (QED) is 0.775. The molecular formula is C16H12O4. The number of rotatable bonds is 2. The van der Waals surface area contributed by atoms with Crippen LogP contribution in [0.25, 0.3) is 22.3 Å². The molecule has 0 fully saturated rings. The van der Waals surface area contributed by atoms with Gasteiger partial charge in [0.25, 0.3) is 0 Å². The van der Waals surface area contributed by atoms with Gasteiger partial charge in [0.2, 0.25) is 0 Å². The second kappa shape index (κ2) is 4.74. The summed E-state index contributed by atoms with van der Waals surface area (Å²) in [5.74, 6) is 0.730. The molecule has 0 saturated carbocycles. The molecule has 0 unspecified atom stereocenters. The van der Waals surface area contributed by atoms with Gasteiger partial charge in [0.15, 0.2) is 16.8 Å². The van der Waals surface area contributed by atoms with Crippen molar-refractivity contribution in [3.8, 4) is 22.8 Å². The fraction of sp³-hybridized carbons (Fsp3) is 0.0625. The van der Waals surface area contributed by atoms with Crippen molar-refractivity contribution in [2.75, 3.05) is 7.11 Å². The molecule has 4 nitrogen and oxygen atoms in total. The van der Waals surface area contributed by atoms with Gasteiger partial charge in [-0.3, -0.25) is 4.79 Å². The molecule has 0 aliphatic rings. The van der Waals surface area contributed by atoms with Crippen molar-refractivity contribution >= 4 is 11.0 Å². The Morgan fingerprint density at radius 1 is 1.10 bits per heavy atom. The number of aromatic hydroxyl groups is 1. The Balaban J connectivity index is 2.37. The number of phenols is 1. The smallest absolute Gasteiger partial charge is 0.197 e. The third kappa shape index (κ3) is 1.91. The van der Waals surface area contributed by atoms with E-state index in [2.05, 4.69) is 0 Å². The average Bonchev–Trinajstić information content (AvgIpc) is 2.48. The summed E-state index contributed by atoms with van der Waals surface area (Å²) in [5, 5.41) is 9.95. The molecule has 0 amide bonds. The lowest BCUT2D eigenvalue weighted by molar-refractivity contribution is 0.408. The normalized spacial score (nSPS) is 10.7. The highest BCUT2D eigenvalue weighted by atomic mass is 16.5. The van der Waals surface area contributed by atoms with Gasteiger partial charge < -0.3 is 14.3 Å². The van der Waals surface area contributed by atoms with E-state index in [1.807, 2.05) is 30.3 Å². The third-order valence-corrected chi connectivity index (χ3v) is 3.10. The van der Waals surface area contributed by atoms with Crippen LogP contribution in [0.4, 0.5) is 0 Å². The summed E-state index contributed by atoms with van der Waals surface area (Å²) < 4.78 is 10.9. The Hall–Kier alpha value is -2.75. The molecule has 3 rings (SSSR count). The third-order valence-electron chi connectivity index (χ3n) is 3.10. The van der Waals surface area contributed by atoms with Gasteiger partial charge >= 0.3 is 0 Å². The summed E-state index contributed by atoms with van der Waals surface area (Å²) in [6.07, 6.45) is 0. The zero-order chi connectivity index (χ0) is 14.1. The van der Waals surface area contributed by atoms with Gasteiger partial charge in [0.1, 0.15) is 16.9 Å². The first-order chi connectivity index (χ1) is 9.70. The number of benzene rings is 2. The molecule has 1 aromatic heterocycles. The topological polar surface area (TPSA) is 59.7 Å². The largest absolute Gasteiger partial charge is 0.507 e. The van der Waals surface area contributed by atoms with Crippen LogP contribution in [0.15, 0.2) is 57.7 Å². The second-order valence-electron chi connectivity index (χ2n) is 4.33. The average molecular weight is 268 g/mol. The minimum Gasteiger partial charge on any atom is -0.507 e. The first-order valence-electron chi connectivity index (χ1n) is 6.10. The molecule has 1 heterocycles. The van der Waals surface area contributed by atoms with Crippen molar-refractivity contribution in [1.82, 2.24) is 0 Å². The number of hydrogen-bond donors (Lipinski definition) is 1. The van der Waals surface area contributed by atoms with Crippen molar-refractivity contribution in [3.05, 3.63) is 58.8 Å². The number of hydrogen-bond acceptors (Lipinski definition) is 4. The Kier molecular flexibility index (Phi) is 2.91. The van der Waals surface area contributed by atoms with Gasteiger partial charge in [-0.25, -0.2) is 0 Å². The number of methoxy groups -OCH3 is 1. The van der Waals surface area contributed by atoms with Gasteiger partial charge in [-0.2, -0.15) is 0 Å². The molecule has 0 aliphatic carbocycles. The van der Waals surface area contributed by atoms with E-state index in [-0.39, 0.29) is 22.1 Å². The molecule has 0 bridgehead atoms. The molecule has 20 heavy (non-hydrogen) atoms. The van der Waals surface area contributed by atoms with Gasteiger partial charge in [0, 0.05) is 11.6 Å². The van der Waals surface area contributed by atoms with E-state index in [9.17, 15) is 9.90 Å². The fourth-order valence-corrected chi connectivity index (χ4v) is 2.13. The summed E-state index contributed by atoms with van der Waals surface area (Å²) in [6, 6.07) is 13.7. The zero-order valence-corrected chi connectivity index (χ0v) is 10.8. The maximum atomic E-state index is 12.2. The SMILES string of the molecule is COc1ccc(O)c2c(=O)cc(-c3ccccc3)oc12. The summed E-state index contributed by atoms with van der Waals surface area (Å²) in [7, 11) is 1.49. The molecule has 1 N–H and O–H groups in total. The predicted octanol–water partition coefficient (Wildman–Crippen LogP) is 3.17. The van der Waals surface area contributed by atoms with Crippen LogP contribution >= 0.6 is 0 Å². The summed E-state index contributed by atoms with van der Waals surface area (Å²) >= 11 is 0. The molecule has 0 spiro atoms. The van der Waals surface area contributed by atoms with Gasteiger partial charge in [-0.1, -0.05) is 30.3 Å². The molecule has 0 aliphatic heterocycles. The van der Waals surface area contributed by atoms with Crippen LogP contribution in [-0.2, 0) is 0 Å². The number of ether oxygens (including phenoxy) is 1. The van der Waals surface area contributed by atoms with Crippen LogP contribution in [-0.4, -0.2) is 12.2 Å². The van der Waals surface area contributed by atoms with Crippen LogP contribution in [0.3, 0.4) is 0 Å². The Morgan fingerprint density at radius 3 is 2.55 bits per heavy atom. The van der Waals surface area contributed by atoms with E-state index in [0.717, 1.165) is 5.56 Å². The van der Waals surface area contributed by atoms with Crippen molar-refractivity contribution in [1.29, 1.82) is 0 Å². The molecule has 0 atom stereocenters. The Labute approximate surface area is 114 Å². The molecule has 0 saturated heterocycles. The molecule has 0 radical (unpaired) electrons. The van der Waals surface area contributed by atoms with Crippen LogP contribution in [0.5, 0.6) is 11.5 Å².